The van der Waals surface area contributed by atoms with Gasteiger partial charge in [0.05, 0.1) is 0 Å². The molecule has 0 aromatic heterocycles. The maximum absolute atomic E-state index is 13.0. The zero-order valence-electron chi connectivity index (χ0n) is 12.5. The molecular weight excluding hydrogens is 279 g/mol. The van der Waals surface area contributed by atoms with E-state index in [0.717, 1.165) is 24.8 Å². The molecule has 0 bridgehead atoms. The molecule has 0 heterocycles. The molecule has 22 heavy (non-hydrogen) atoms. The van der Waals surface area contributed by atoms with Gasteiger partial charge < -0.3 is 10.6 Å². The summed E-state index contributed by atoms with van der Waals surface area (Å²) in [5, 5.41) is 5.53. The molecule has 0 atom stereocenters. The van der Waals surface area contributed by atoms with Gasteiger partial charge in [-0.1, -0.05) is 42.5 Å². The Hall–Kier alpha value is -2.36. The second kappa shape index (κ2) is 8.82. The van der Waals surface area contributed by atoms with E-state index in [1.807, 2.05) is 18.2 Å². The van der Waals surface area contributed by atoms with Crippen molar-refractivity contribution in [2.45, 2.75) is 25.8 Å². The highest BCUT2D eigenvalue weighted by atomic mass is 19.1. The molecule has 3 nitrogen and oxygen atoms in total. The number of amides is 2. The lowest BCUT2D eigenvalue weighted by Crippen LogP contribution is -2.35. The van der Waals surface area contributed by atoms with Gasteiger partial charge in [-0.15, -0.1) is 0 Å². The third kappa shape index (κ3) is 5.95. The molecule has 0 aliphatic heterocycles. The average molecular weight is 300 g/mol. The normalized spacial score (nSPS) is 10.2. The van der Waals surface area contributed by atoms with Gasteiger partial charge >= 0.3 is 6.03 Å². The maximum atomic E-state index is 13.0. The SMILES string of the molecule is O=C(NCCCCc1ccccc1)NCc1cccc(F)c1. The summed E-state index contributed by atoms with van der Waals surface area (Å²) in [5.74, 6) is -0.291. The lowest BCUT2D eigenvalue weighted by molar-refractivity contribution is 0.240. The van der Waals surface area contributed by atoms with Crippen molar-refractivity contribution in [2.75, 3.05) is 6.54 Å². The van der Waals surface area contributed by atoms with Crippen LogP contribution in [0, 0.1) is 5.82 Å². The van der Waals surface area contributed by atoms with E-state index in [4.69, 9.17) is 0 Å². The van der Waals surface area contributed by atoms with Gasteiger partial charge in [0, 0.05) is 13.1 Å². The van der Waals surface area contributed by atoms with Crippen LogP contribution in [0.3, 0.4) is 0 Å². The van der Waals surface area contributed by atoms with Crippen LogP contribution >= 0.6 is 0 Å². The van der Waals surface area contributed by atoms with Gasteiger partial charge in [0.15, 0.2) is 0 Å². The molecule has 116 valence electrons. The van der Waals surface area contributed by atoms with E-state index in [2.05, 4.69) is 22.8 Å². The van der Waals surface area contributed by atoms with E-state index >= 15 is 0 Å². The third-order valence-electron chi connectivity index (χ3n) is 3.36. The molecule has 2 aromatic rings. The standard InChI is InChI=1S/C18H21FN2O/c19-17-11-6-10-16(13-17)14-21-18(22)20-12-5-4-9-15-7-2-1-3-8-15/h1-3,6-8,10-11,13H,4-5,9,12,14H2,(H2,20,21,22). The molecule has 0 saturated heterocycles. The summed E-state index contributed by atoms with van der Waals surface area (Å²) in [6, 6.07) is 16.3. The van der Waals surface area contributed by atoms with Crippen molar-refractivity contribution in [3.63, 3.8) is 0 Å². The van der Waals surface area contributed by atoms with Crippen molar-refractivity contribution in [2.24, 2.45) is 0 Å². The number of hydrogen-bond acceptors (Lipinski definition) is 1. The zero-order valence-corrected chi connectivity index (χ0v) is 12.5. The predicted octanol–water partition coefficient (Wildman–Crippen LogP) is 3.65. The van der Waals surface area contributed by atoms with Crippen molar-refractivity contribution < 1.29 is 9.18 Å². The predicted molar refractivity (Wildman–Crippen MR) is 86.0 cm³/mol. The molecule has 0 unspecified atom stereocenters. The zero-order chi connectivity index (χ0) is 15.6. The largest absolute Gasteiger partial charge is 0.338 e. The first-order valence-electron chi connectivity index (χ1n) is 7.54. The van der Waals surface area contributed by atoms with Crippen molar-refractivity contribution in [1.29, 1.82) is 0 Å². The number of hydrogen-bond donors (Lipinski definition) is 2. The number of benzene rings is 2. The van der Waals surface area contributed by atoms with Crippen LogP contribution in [0.15, 0.2) is 54.6 Å². The molecule has 2 amide bonds. The van der Waals surface area contributed by atoms with Crippen molar-refractivity contribution >= 4 is 6.03 Å². The molecule has 2 N–H and O–H groups in total. The van der Waals surface area contributed by atoms with Gasteiger partial charge in [0.1, 0.15) is 5.82 Å². The Morgan fingerprint density at radius 3 is 2.45 bits per heavy atom. The second-order valence-corrected chi connectivity index (χ2v) is 5.18. The minimum absolute atomic E-state index is 0.219. The molecule has 0 saturated carbocycles. The Morgan fingerprint density at radius 1 is 0.909 bits per heavy atom. The summed E-state index contributed by atoms with van der Waals surface area (Å²) in [6.45, 7) is 0.968. The van der Waals surface area contributed by atoms with Gasteiger partial charge in [0.2, 0.25) is 0 Å². The van der Waals surface area contributed by atoms with Crippen molar-refractivity contribution in [3.05, 3.63) is 71.5 Å². The first-order chi connectivity index (χ1) is 10.7. The Kier molecular flexibility index (Phi) is 6.42. The Labute approximate surface area is 130 Å². The summed E-state index contributed by atoms with van der Waals surface area (Å²) in [6.07, 6.45) is 2.99. The first kappa shape index (κ1) is 16.0. The van der Waals surface area contributed by atoms with Crippen LogP contribution in [-0.2, 0) is 13.0 Å². The highest BCUT2D eigenvalue weighted by Crippen LogP contribution is 2.04. The number of halogens is 1. The fourth-order valence-corrected chi connectivity index (χ4v) is 2.19. The number of rotatable bonds is 7. The smallest absolute Gasteiger partial charge is 0.315 e. The van der Waals surface area contributed by atoms with E-state index < -0.39 is 0 Å². The third-order valence-corrected chi connectivity index (χ3v) is 3.36. The van der Waals surface area contributed by atoms with Crippen LogP contribution in [0.1, 0.15) is 24.0 Å². The number of nitrogens with one attached hydrogen (secondary N) is 2. The second-order valence-electron chi connectivity index (χ2n) is 5.18. The fourth-order valence-electron chi connectivity index (χ4n) is 2.19. The Morgan fingerprint density at radius 2 is 1.68 bits per heavy atom. The van der Waals surface area contributed by atoms with E-state index in [9.17, 15) is 9.18 Å². The van der Waals surface area contributed by atoms with E-state index in [0.29, 0.717) is 13.1 Å². The number of aryl methyl sites for hydroxylation is 1. The van der Waals surface area contributed by atoms with Crippen LogP contribution in [0.2, 0.25) is 0 Å². The van der Waals surface area contributed by atoms with E-state index in [1.165, 1.54) is 17.7 Å². The number of urea groups is 1. The minimum Gasteiger partial charge on any atom is -0.338 e. The molecule has 0 aliphatic rings. The van der Waals surface area contributed by atoms with Crippen LogP contribution in [0.4, 0.5) is 9.18 Å². The van der Waals surface area contributed by atoms with Crippen molar-refractivity contribution in [1.82, 2.24) is 10.6 Å². The van der Waals surface area contributed by atoms with Gasteiger partial charge in [-0.2, -0.15) is 0 Å². The quantitative estimate of drug-likeness (QED) is 0.753. The van der Waals surface area contributed by atoms with Crippen LogP contribution in [0.25, 0.3) is 0 Å². The van der Waals surface area contributed by atoms with E-state index in [1.54, 1.807) is 12.1 Å². The molecule has 0 fully saturated rings. The monoisotopic (exact) mass is 300 g/mol. The van der Waals surface area contributed by atoms with Crippen LogP contribution < -0.4 is 10.6 Å². The summed E-state index contributed by atoms with van der Waals surface area (Å²) < 4.78 is 13.0. The van der Waals surface area contributed by atoms with Gasteiger partial charge in [-0.05, 0) is 42.5 Å². The summed E-state index contributed by atoms with van der Waals surface area (Å²) >= 11 is 0. The molecule has 0 aliphatic carbocycles. The average Bonchev–Trinajstić information content (AvgIpc) is 2.54. The van der Waals surface area contributed by atoms with Gasteiger partial charge in [0.25, 0.3) is 0 Å². The number of carbonyl (C=O) groups excluding carboxylic acids is 1. The summed E-state index contributed by atoms with van der Waals surface area (Å²) in [5.41, 5.74) is 2.07. The van der Waals surface area contributed by atoms with Gasteiger partial charge in [-0.25, -0.2) is 9.18 Å². The minimum atomic E-state index is -0.291. The molecule has 0 spiro atoms. The Balaban J connectivity index is 1.56. The molecule has 4 heteroatoms. The highest BCUT2D eigenvalue weighted by Gasteiger charge is 2.01. The molecular formula is C18H21FN2O. The first-order valence-corrected chi connectivity index (χ1v) is 7.54. The number of unbranched alkanes of at least 4 members (excludes halogenated alkanes) is 1. The summed E-state index contributed by atoms with van der Waals surface area (Å²) in [7, 11) is 0. The fraction of sp³-hybridized carbons (Fsp3) is 0.278. The van der Waals surface area contributed by atoms with Crippen LogP contribution in [0.5, 0.6) is 0 Å². The topological polar surface area (TPSA) is 41.1 Å². The molecule has 2 aromatic carbocycles. The lowest BCUT2D eigenvalue weighted by atomic mass is 10.1. The van der Waals surface area contributed by atoms with Crippen LogP contribution in [-0.4, -0.2) is 12.6 Å². The molecule has 0 radical (unpaired) electrons. The Bertz CT molecular complexity index is 587. The highest BCUT2D eigenvalue weighted by molar-refractivity contribution is 5.73. The summed E-state index contributed by atoms with van der Waals surface area (Å²) in [4.78, 5) is 11.6. The molecule has 2 rings (SSSR count). The van der Waals surface area contributed by atoms with Gasteiger partial charge in [-0.3, -0.25) is 0 Å². The lowest BCUT2D eigenvalue weighted by Gasteiger charge is -2.08. The van der Waals surface area contributed by atoms with E-state index in [-0.39, 0.29) is 11.8 Å². The maximum Gasteiger partial charge on any atom is 0.315 e. The number of carbonyl (C=O) groups is 1. The van der Waals surface area contributed by atoms with Crippen molar-refractivity contribution in [3.8, 4) is 0 Å².